The molecule has 118 valence electrons. The van der Waals surface area contributed by atoms with Crippen LogP contribution in [0.4, 0.5) is 4.39 Å². The Kier molecular flexibility index (Phi) is 6.35. The smallest absolute Gasteiger partial charge is 0.230 e. The van der Waals surface area contributed by atoms with Crippen molar-refractivity contribution in [3.8, 4) is 0 Å². The Morgan fingerprint density at radius 1 is 1.48 bits per heavy atom. The number of benzene rings is 1. The normalized spacial score (nSPS) is 14.6. The van der Waals surface area contributed by atoms with Crippen LogP contribution in [0.25, 0.3) is 0 Å². The fourth-order valence-electron chi connectivity index (χ4n) is 1.89. The maximum Gasteiger partial charge on any atom is 0.230 e. The quantitative estimate of drug-likeness (QED) is 0.869. The summed E-state index contributed by atoms with van der Waals surface area (Å²) in [7, 11) is -0.914. The van der Waals surface area contributed by atoms with Crippen molar-refractivity contribution in [3.63, 3.8) is 0 Å². The van der Waals surface area contributed by atoms with Crippen LogP contribution in [0.2, 0.25) is 5.02 Å². The molecule has 0 bridgehead atoms. The van der Waals surface area contributed by atoms with Crippen LogP contribution in [0, 0.1) is 5.82 Å². The van der Waals surface area contributed by atoms with Gasteiger partial charge in [-0.05, 0) is 32.4 Å². The van der Waals surface area contributed by atoms with Gasteiger partial charge in [0.2, 0.25) is 5.91 Å². The number of rotatable bonds is 6. The highest BCUT2D eigenvalue weighted by Gasteiger charge is 2.32. The van der Waals surface area contributed by atoms with E-state index < -0.39 is 22.0 Å². The molecule has 0 aromatic heterocycles. The molecule has 3 nitrogen and oxygen atoms in total. The zero-order chi connectivity index (χ0) is 16.2. The van der Waals surface area contributed by atoms with Gasteiger partial charge in [-0.2, -0.15) is 0 Å². The monoisotopic (exact) mass is 333 g/mol. The molecule has 1 N–H and O–H groups in total. The van der Waals surface area contributed by atoms with Crippen molar-refractivity contribution in [3.05, 3.63) is 34.6 Å². The van der Waals surface area contributed by atoms with Crippen LogP contribution in [-0.2, 0) is 21.0 Å². The molecule has 0 aliphatic rings. The number of halogens is 2. The van der Waals surface area contributed by atoms with Gasteiger partial charge in [-0.3, -0.25) is 9.00 Å². The van der Waals surface area contributed by atoms with Gasteiger partial charge in [0.25, 0.3) is 0 Å². The van der Waals surface area contributed by atoms with Gasteiger partial charge in [-0.15, -0.1) is 0 Å². The molecule has 0 unspecified atom stereocenters. The van der Waals surface area contributed by atoms with E-state index in [0.29, 0.717) is 23.6 Å². The number of hydrogen-bond donors (Lipinski definition) is 1. The molecule has 1 amide bonds. The summed E-state index contributed by atoms with van der Waals surface area (Å²) in [6.45, 7) is 5.61. The third-order valence-corrected chi connectivity index (χ3v) is 5.18. The lowest BCUT2D eigenvalue weighted by Gasteiger charge is -2.25. The molecule has 21 heavy (non-hydrogen) atoms. The van der Waals surface area contributed by atoms with Crippen LogP contribution in [0.5, 0.6) is 0 Å². The van der Waals surface area contributed by atoms with E-state index in [0.717, 1.165) is 0 Å². The fraction of sp³-hybridized carbons (Fsp3) is 0.533. The lowest BCUT2D eigenvalue weighted by atomic mass is 9.83. The van der Waals surface area contributed by atoms with Gasteiger partial charge in [0.15, 0.2) is 0 Å². The average Bonchev–Trinajstić information content (AvgIpc) is 2.37. The van der Waals surface area contributed by atoms with E-state index in [4.69, 9.17) is 11.6 Å². The van der Waals surface area contributed by atoms with Crippen LogP contribution >= 0.6 is 11.6 Å². The molecule has 1 rings (SSSR count). The van der Waals surface area contributed by atoms with E-state index in [1.807, 2.05) is 6.92 Å². The zero-order valence-corrected chi connectivity index (χ0v) is 14.3. The van der Waals surface area contributed by atoms with Crippen LogP contribution in [0.3, 0.4) is 0 Å². The molecule has 0 radical (unpaired) electrons. The molecule has 0 saturated carbocycles. The summed E-state index contributed by atoms with van der Waals surface area (Å²) in [5, 5.41) is 3.09. The van der Waals surface area contributed by atoms with Crippen molar-refractivity contribution >= 4 is 28.3 Å². The Balaban J connectivity index is 2.73. The van der Waals surface area contributed by atoms with E-state index in [9.17, 15) is 13.4 Å². The number of amides is 1. The average molecular weight is 334 g/mol. The first-order valence-corrected chi connectivity index (χ1v) is 8.72. The van der Waals surface area contributed by atoms with E-state index in [1.54, 1.807) is 26.2 Å². The highest BCUT2D eigenvalue weighted by atomic mass is 35.5. The predicted octanol–water partition coefficient (Wildman–Crippen LogP) is 3.03. The SMILES string of the molecule is C[C@@H](CCNC(=O)C(C)(C)c1ccc(Cl)cc1F)[S@@](C)=O. The van der Waals surface area contributed by atoms with Crippen LogP contribution in [-0.4, -0.2) is 28.2 Å². The first kappa shape index (κ1) is 18.1. The van der Waals surface area contributed by atoms with Crippen molar-refractivity contribution in [1.82, 2.24) is 5.32 Å². The number of hydrogen-bond acceptors (Lipinski definition) is 2. The van der Waals surface area contributed by atoms with Crippen LogP contribution in [0.15, 0.2) is 18.2 Å². The summed E-state index contributed by atoms with van der Waals surface area (Å²) in [6, 6.07) is 4.30. The first-order valence-electron chi connectivity index (χ1n) is 6.72. The molecule has 0 saturated heterocycles. The van der Waals surface area contributed by atoms with E-state index in [2.05, 4.69) is 5.32 Å². The minimum atomic E-state index is -0.997. The van der Waals surface area contributed by atoms with Crippen LogP contribution < -0.4 is 5.32 Å². The molecule has 0 fully saturated rings. The lowest BCUT2D eigenvalue weighted by molar-refractivity contribution is -0.125. The van der Waals surface area contributed by atoms with Crippen molar-refractivity contribution in [2.24, 2.45) is 0 Å². The van der Waals surface area contributed by atoms with Crippen molar-refractivity contribution < 1.29 is 13.4 Å². The van der Waals surface area contributed by atoms with Gasteiger partial charge in [-0.25, -0.2) is 4.39 Å². The van der Waals surface area contributed by atoms with Gasteiger partial charge in [0.05, 0.1) is 5.41 Å². The van der Waals surface area contributed by atoms with Gasteiger partial charge in [0.1, 0.15) is 5.82 Å². The maximum absolute atomic E-state index is 14.0. The summed E-state index contributed by atoms with van der Waals surface area (Å²) < 4.78 is 25.2. The largest absolute Gasteiger partial charge is 0.355 e. The van der Waals surface area contributed by atoms with Gasteiger partial charge >= 0.3 is 0 Å². The van der Waals surface area contributed by atoms with E-state index >= 15 is 0 Å². The van der Waals surface area contributed by atoms with Crippen molar-refractivity contribution in [1.29, 1.82) is 0 Å². The van der Waals surface area contributed by atoms with Crippen molar-refractivity contribution in [2.75, 3.05) is 12.8 Å². The molecule has 0 aliphatic carbocycles. The molecule has 0 heterocycles. The molecule has 0 aliphatic heterocycles. The summed E-state index contributed by atoms with van der Waals surface area (Å²) in [6.07, 6.45) is 2.26. The summed E-state index contributed by atoms with van der Waals surface area (Å²) >= 11 is 5.73. The topological polar surface area (TPSA) is 46.2 Å². The highest BCUT2D eigenvalue weighted by molar-refractivity contribution is 7.84. The third kappa shape index (κ3) is 4.78. The minimum absolute atomic E-state index is 0.0145. The third-order valence-electron chi connectivity index (χ3n) is 3.58. The Morgan fingerprint density at radius 2 is 2.10 bits per heavy atom. The van der Waals surface area contributed by atoms with Gasteiger partial charge < -0.3 is 5.32 Å². The molecule has 6 heteroatoms. The van der Waals surface area contributed by atoms with Gasteiger partial charge in [0, 0.05) is 39.4 Å². The zero-order valence-electron chi connectivity index (χ0n) is 12.7. The van der Waals surface area contributed by atoms with Crippen LogP contribution in [0.1, 0.15) is 32.8 Å². The van der Waals surface area contributed by atoms with Crippen molar-refractivity contribution in [2.45, 2.75) is 37.9 Å². The predicted molar refractivity (Wildman–Crippen MR) is 85.6 cm³/mol. The fourth-order valence-corrected chi connectivity index (χ4v) is 2.50. The number of carbonyl (C=O) groups excluding carboxylic acids is 1. The Bertz CT molecular complexity index is 548. The standard InChI is InChI=1S/C15H21ClFNO2S/c1-10(21(4)20)7-8-18-14(19)15(2,3)12-6-5-11(16)9-13(12)17/h5-6,9-10H,7-8H2,1-4H3,(H,18,19)/t10-,21+/m0/s1. The maximum atomic E-state index is 14.0. The minimum Gasteiger partial charge on any atom is -0.355 e. The second-order valence-electron chi connectivity index (χ2n) is 5.60. The highest BCUT2D eigenvalue weighted by Crippen LogP contribution is 2.28. The van der Waals surface area contributed by atoms with E-state index in [-0.39, 0.29) is 11.2 Å². The summed E-state index contributed by atoms with van der Waals surface area (Å²) in [4.78, 5) is 12.3. The molecular formula is C15H21ClFNO2S. The summed E-state index contributed by atoms with van der Waals surface area (Å²) in [5.41, 5.74) is -0.694. The van der Waals surface area contributed by atoms with E-state index in [1.165, 1.54) is 12.1 Å². The number of nitrogens with one attached hydrogen (secondary N) is 1. The Hall–Kier alpha value is -0.940. The molecule has 1 aromatic carbocycles. The molecular weight excluding hydrogens is 313 g/mol. The first-order chi connectivity index (χ1) is 9.66. The summed E-state index contributed by atoms with van der Waals surface area (Å²) in [5.74, 6) is -0.761. The molecule has 0 spiro atoms. The molecule has 2 atom stereocenters. The Morgan fingerprint density at radius 3 is 2.62 bits per heavy atom. The second kappa shape index (κ2) is 7.36. The molecule has 1 aromatic rings. The second-order valence-corrected chi connectivity index (χ2v) is 7.84. The number of carbonyl (C=O) groups is 1. The lowest BCUT2D eigenvalue weighted by Crippen LogP contribution is -2.41. The van der Waals surface area contributed by atoms with Gasteiger partial charge in [-0.1, -0.05) is 24.6 Å². The Labute approximate surface area is 132 Å².